The van der Waals surface area contributed by atoms with Crippen LogP contribution < -0.4 is 4.90 Å². The van der Waals surface area contributed by atoms with E-state index in [0.717, 1.165) is 37.2 Å². The largest absolute Gasteiger partial charge is 0.480 e. The molecule has 1 aromatic carbocycles. The molecule has 1 saturated heterocycles. The summed E-state index contributed by atoms with van der Waals surface area (Å²) in [5.74, 6) is 0.0524. The number of hydrogen-bond donors (Lipinski definition) is 1. The van der Waals surface area contributed by atoms with Crippen LogP contribution in [0.15, 0.2) is 41.2 Å². The Morgan fingerprint density at radius 2 is 1.70 bits per heavy atom. The smallest absolute Gasteiger partial charge is 0.172 e. The molecule has 1 fully saturated rings. The number of piperidine rings is 1. The Hall–Kier alpha value is -3.27. The van der Waals surface area contributed by atoms with Crippen molar-refractivity contribution < 1.29 is 9.84 Å². The van der Waals surface area contributed by atoms with Gasteiger partial charge in [-0.25, -0.2) is 0 Å². The molecule has 2 aliphatic rings. The Bertz CT molecular complexity index is 912. The molecule has 0 spiro atoms. The summed E-state index contributed by atoms with van der Waals surface area (Å²) in [6.07, 6.45) is 1.29. The van der Waals surface area contributed by atoms with Crippen LogP contribution in [0.2, 0.25) is 0 Å². The van der Waals surface area contributed by atoms with Crippen molar-refractivity contribution in [1.82, 2.24) is 0 Å². The van der Waals surface area contributed by atoms with Gasteiger partial charge in [-0.05, 0) is 44.4 Å². The second-order valence-corrected chi connectivity index (χ2v) is 7.17. The summed E-state index contributed by atoms with van der Waals surface area (Å²) in [6.45, 7) is 5.25. The Labute approximate surface area is 158 Å². The molecule has 27 heavy (non-hydrogen) atoms. The van der Waals surface area contributed by atoms with Crippen LogP contribution in [0.25, 0.3) is 5.57 Å². The van der Waals surface area contributed by atoms with E-state index >= 15 is 0 Å². The van der Waals surface area contributed by atoms with Crippen molar-refractivity contribution in [3.8, 4) is 18.2 Å². The molecule has 0 bridgehead atoms. The van der Waals surface area contributed by atoms with E-state index in [1.54, 1.807) is 12.1 Å². The van der Waals surface area contributed by atoms with Crippen molar-refractivity contribution in [1.29, 1.82) is 15.8 Å². The monoisotopic (exact) mass is 360 g/mol. The Morgan fingerprint density at radius 3 is 2.22 bits per heavy atom. The van der Waals surface area contributed by atoms with Gasteiger partial charge < -0.3 is 14.7 Å². The summed E-state index contributed by atoms with van der Waals surface area (Å²) in [6, 6.07) is 13.6. The highest BCUT2D eigenvalue weighted by Crippen LogP contribution is 2.45. The SMILES string of the molecule is CC1(C)OC(=C(C#N)C#N)C(C#N)=C1c1ccc(N2CCC(O)CC2)cc1. The van der Waals surface area contributed by atoms with E-state index in [0.29, 0.717) is 5.57 Å². The number of hydrogen-bond acceptors (Lipinski definition) is 6. The molecular weight excluding hydrogens is 340 g/mol. The lowest BCUT2D eigenvalue weighted by atomic mass is 9.89. The minimum Gasteiger partial charge on any atom is -0.480 e. The third kappa shape index (κ3) is 3.38. The maximum absolute atomic E-state index is 9.66. The van der Waals surface area contributed by atoms with E-state index in [1.807, 2.05) is 38.1 Å². The average Bonchev–Trinajstić information content (AvgIpc) is 2.94. The Kier molecular flexibility index (Phi) is 4.91. The lowest BCUT2D eigenvalue weighted by Gasteiger charge is -2.31. The molecule has 1 N–H and O–H groups in total. The summed E-state index contributed by atoms with van der Waals surface area (Å²) >= 11 is 0. The van der Waals surface area contributed by atoms with E-state index < -0.39 is 5.60 Å². The van der Waals surface area contributed by atoms with Crippen molar-refractivity contribution in [2.75, 3.05) is 18.0 Å². The Morgan fingerprint density at radius 1 is 1.11 bits per heavy atom. The number of ether oxygens (including phenoxy) is 1. The van der Waals surface area contributed by atoms with E-state index in [4.69, 9.17) is 15.3 Å². The van der Waals surface area contributed by atoms with Crippen LogP contribution >= 0.6 is 0 Å². The summed E-state index contributed by atoms with van der Waals surface area (Å²) < 4.78 is 5.82. The maximum atomic E-state index is 9.66. The van der Waals surface area contributed by atoms with Gasteiger partial charge in [0.1, 0.15) is 29.4 Å². The van der Waals surface area contributed by atoms with E-state index in [9.17, 15) is 10.4 Å². The predicted molar refractivity (Wildman–Crippen MR) is 99.8 cm³/mol. The van der Waals surface area contributed by atoms with Gasteiger partial charge >= 0.3 is 0 Å². The van der Waals surface area contributed by atoms with Gasteiger partial charge in [0.15, 0.2) is 11.3 Å². The summed E-state index contributed by atoms with van der Waals surface area (Å²) in [4.78, 5) is 2.22. The van der Waals surface area contributed by atoms with Gasteiger partial charge in [-0.3, -0.25) is 0 Å². The number of anilines is 1. The lowest BCUT2D eigenvalue weighted by molar-refractivity contribution is 0.109. The minimum atomic E-state index is -0.823. The van der Waals surface area contributed by atoms with Crippen LogP contribution in [0, 0.1) is 34.0 Å². The van der Waals surface area contributed by atoms with E-state index in [2.05, 4.69) is 11.0 Å². The van der Waals surface area contributed by atoms with Crippen molar-refractivity contribution in [3.63, 3.8) is 0 Å². The molecule has 6 nitrogen and oxygen atoms in total. The average molecular weight is 360 g/mol. The third-order valence-electron chi connectivity index (χ3n) is 4.98. The quantitative estimate of drug-likeness (QED) is 0.813. The molecule has 0 aromatic heterocycles. The zero-order chi connectivity index (χ0) is 19.6. The molecular formula is C21H20N4O2. The zero-order valence-electron chi connectivity index (χ0n) is 15.4. The molecule has 0 amide bonds. The van der Waals surface area contributed by atoms with Crippen LogP contribution in [0.4, 0.5) is 5.69 Å². The van der Waals surface area contributed by atoms with E-state index in [1.165, 1.54) is 0 Å². The normalized spacial score (nSPS) is 19.1. The lowest BCUT2D eigenvalue weighted by Crippen LogP contribution is -2.35. The van der Waals surface area contributed by atoms with Crippen LogP contribution in [-0.4, -0.2) is 29.9 Å². The number of rotatable bonds is 2. The van der Waals surface area contributed by atoms with Crippen LogP contribution in [0.1, 0.15) is 32.3 Å². The fourth-order valence-corrected chi connectivity index (χ4v) is 3.64. The fraction of sp³-hybridized carbons (Fsp3) is 0.381. The first-order valence-corrected chi connectivity index (χ1v) is 8.83. The summed E-state index contributed by atoms with van der Waals surface area (Å²) in [7, 11) is 0. The van der Waals surface area contributed by atoms with Crippen molar-refractivity contribution in [2.24, 2.45) is 0 Å². The number of nitrogens with zero attached hydrogens (tertiary/aromatic N) is 4. The fourth-order valence-electron chi connectivity index (χ4n) is 3.64. The van der Waals surface area contributed by atoms with Crippen molar-refractivity contribution >= 4 is 11.3 Å². The molecule has 0 unspecified atom stereocenters. The van der Waals surface area contributed by atoms with Crippen molar-refractivity contribution in [2.45, 2.75) is 38.4 Å². The molecule has 2 heterocycles. The van der Waals surface area contributed by atoms with Crippen LogP contribution in [0.3, 0.4) is 0 Å². The highest BCUT2D eigenvalue weighted by Gasteiger charge is 2.40. The van der Waals surface area contributed by atoms with Crippen molar-refractivity contribution in [3.05, 3.63) is 46.7 Å². The molecule has 136 valence electrons. The standard InChI is InChI=1S/C21H20N4O2/c1-21(2)19(18(13-24)20(27-21)15(11-22)12-23)14-3-5-16(6-4-14)25-9-7-17(26)8-10-25/h3-6,17,26H,7-10H2,1-2H3. The zero-order valence-corrected chi connectivity index (χ0v) is 15.4. The maximum Gasteiger partial charge on any atom is 0.172 e. The van der Waals surface area contributed by atoms with Gasteiger partial charge in [0.2, 0.25) is 0 Å². The topological polar surface area (TPSA) is 104 Å². The number of allylic oxidation sites excluding steroid dienone is 2. The molecule has 2 aliphatic heterocycles. The van der Waals surface area contributed by atoms with Gasteiger partial charge in [-0.2, -0.15) is 15.8 Å². The highest BCUT2D eigenvalue weighted by atomic mass is 16.5. The first-order chi connectivity index (χ1) is 12.9. The molecule has 6 heteroatoms. The van der Waals surface area contributed by atoms with Gasteiger partial charge in [0.25, 0.3) is 0 Å². The first kappa shape index (κ1) is 18.5. The molecule has 0 atom stereocenters. The minimum absolute atomic E-state index is 0.0524. The highest BCUT2D eigenvalue weighted by molar-refractivity contribution is 5.84. The van der Waals surface area contributed by atoms with Gasteiger partial charge in [-0.15, -0.1) is 0 Å². The summed E-state index contributed by atoms with van der Waals surface area (Å²) in [5.41, 5.74) is 1.76. The number of aliphatic hydroxyl groups is 1. The molecule has 0 aliphatic carbocycles. The molecule has 1 aromatic rings. The molecule has 0 saturated carbocycles. The van der Waals surface area contributed by atoms with Gasteiger partial charge in [-0.1, -0.05) is 12.1 Å². The summed E-state index contributed by atoms with van der Waals surface area (Å²) in [5, 5.41) is 37.6. The van der Waals surface area contributed by atoms with Gasteiger partial charge in [0, 0.05) is 24.4 Å². The van der Waals surface area contributed by atoms with Crippen LogP contribution in [0.5, 0.6) is 0 Å². The predicted octanol–water partition coefficient (Wildman–Crippen LogP) is 3.03. The third-order valence-corrected chi connectivity index (χ3v) is 4.98. The number of benzene rings is 1. The first-order valence-electron chi connectivity index (χ1n) is 8.83. The van der Waals surface area contributed by atoms with E-state index in [-0.39, 0.29) is 23.0 Å². The van der Waals surface area contributed by atoms with Gasteiger partial charge in [0.05, 0.1) is 6.10 Å². The Balaban J connectivity index is 2.00. The second-order valence-electron chi connectivity index (χ2n) is 7.17. The molecule has 0 radical (unpaired) electrons. The molecule has 3 rings (SSSR count). The second kappa shape index (κ2) is 7.16. The van der Waals surface area contributed by atoms with Crippen LogP contribution in [-0.2, 0) is 4.74 Å². The number of nitriles is 3. The number of aliphatic hydroxyl groups excluding tert-OH is 1.